The van der Waals surface area contributed by atoms with Crippen LogP contribution in [0.15, 0.2) is 11.1 Å². The second kappa shape index (κ2) is 3.39. The van der Waals surface area contributed by atoms with Gasteiger partial charge in [-0.25, -0.2) is 0 Å². The highest BCUT2D eigenvalue weighted by Crippen LogP contribution is 2.49. The van der Waals surface area contributed by atoms with Crippen molar-refractivity contribution in [1.82, 2.24) is 0 Å². The minimum absolute atomic E-state index is 0.299. The summed E-state index contributed by atoms with van der Waals surface area (Å²) in [6.45, 7) is 13.8. The summed E-state index contributed by atoms with van der Waals surface area (Å²) in [5.41, 5.74) is 3.77. The molecular formula is C11H18Si3. The highest BCUT2D eigenvalue weighted by atomic mass is 29.5. The number of hydrogen-bond acceptors (Lipinski definition) is 0. The molecule has 14 heavy (non-hydrogen) atoms. The van der Waals surface area contributed by atoms with E-state index in [1.165, 1.54) is 0 Å². The van der Waals surface area contributed by atoms with Gasteiger partial charge in [-0.05, 0) is 34.6 Å². The minimum Gasteiger partial charge on any atom is -0.0561 e. The van der Waals surface area contributed by atoms with Gasteiger partial charge in [0.1, 0.15) is 0 Å². The van der Waals surface area contributed by atoms with Gasteiger partial charge in [0, 0.05) is 19.5 Å². The fraction of sp³-hybridized carbons (Fsp3) is 0.727. The van der Waals surface area contributed by atoms with Gasteiger partial charge in [-0.2, -0.15) is 0 Å². The van der Waals surface area contributed by atoms with Gasteiger partial charge < -0.3 is 0 Å². The molecule has 0 amide bonds. The normalized spacial score (nSPS) is 17.6. The molecule has 0 aromatic heterocycles. The van der Waals surface area contributed by atoms with Gasteiger partial charge in [0.25, 0.3) is 0 Å². The summed E-state index contributed by atoms with van der Waals surface area (Å²) in [7, 11) is 6.86. The topological polar surface area (TPSA) is 0 Å². The smallest absolute Gasteiger partial charge is 0.0329 e. The predicted octanol–water partition coefficient (Wildman–Crippen LogP) is 1.97. The lowest BCUT2D eigenvalue weighted by Gasteiger charge is -2.15. The Balaban J connectivity index is 3.16. The molecular weight excluding hydrogens is 216 g/mol. The molecule has 0 N–H and O–H groups in total. The van der Waals surface area contributed by atoms with Crippen LogP contribution < -0.4 is 0 Å². The van der Waals surface area contributed by atoms with Crippen molar-refractivity contribution < 1.29 is 0 Å². The second-order valence-corrected chi connectivity index (χ2v) is 11.8. The lowest BCUT2D eigenvalue weighted by atomic mass is 9.89. The summed E-state index contributed by atoms with van der Waals surface area (Å²) in [6, 6.07) is 0. The fourth-order valence-corrected chi connectivity index (χ4v) is 4.88. The zero-order chi connectivity index (χ0) is 11.3. The summed E-state index contributed by atoms with van der Waals surface area (Å²) in [4.78, 5) is 0. The Bertz CT molecular complexity index is 291. The largest absolute Gasteiger partial charge is 0.0561 e. The third-order valence-electron chi connectivity index (χ3n) is 2.44. The maximum Gasteiger partial charge on any atom is 0.0329 e. The van der Waals surface area contributed by atoms with E-state index in [-0.39, 0.29) is 0 Å². The van der Waals surface area contributed by atoms with Crippen molar-refractivity contribution in [2.24, 2.45) is 10.8 Å². The maximum absolute atomic E-state index is 3.75. The van der Waals surface area contributed by atoms with E-state index in [1.54, 1.807) is 16.3 Å². The van der Waals surface area contributed by atoms with Crippen molar-refractivity contribution in [3.05, 3.63) is 11.1 Å². The summed E-state index contributed by atoms with van der Waals surface area (Å²) in [5, 5.41) is 1.57. The lowest BCUT2D eigenvalue weighted by Crippen LogP contribution is -2.15. The molecule has 0 saturated carbocycles. The summed E-state index contributed by atoms with van der Waals surface area (Å²) >= 11 is 0. The number of allylic oxidation sites excluding steroid dienone is 2. The van der Waals surface area contributed by atoms with Crippen LogP contribution in [-0.2, 0) is 0 Å². The molecule has 0 nitrogen and oxygen atoms in total. The van der Waals surface area contributed by atoms with Gasteiger partial charge in [0.2, 0.25) is 0 Å². The molecule has 0 saturated heterocycles. The van der Waals surface area contributed by atoms with Crippen molar-refractivity contribution in [2.75, 3.05) is 0 Å². The predicted molar refractivity (Wildman–Crippen MR) is 68.2 cm³/mol. The van der Waals surface area contributed by atoms with E-state index in [2.05, 4.69) is 61.1 Å². The average Bonchev–Trinajstić information content (AvgIpc) is 2.54. The van der Waals surface area contributed by atoms with E-state index in [0.29, 0.717) is 10.8 Å². The molecule has 1 aliphatic carbocycles. The van der Waals surface area contributed by atoms with Crippen LogP contribution in [0.2, 0.25) is 0 Å². The summed E-state index contributed by atoms with van der Waals surface area (Å²) < 4.78 is 0. The zero-order valence-corrected chi connectivity index (χ0v) is 13.0. The van der Waals surface area contributed by atoms with Gasteiger partial charge in [0.15, 0.2) is 0 Å². The molecule has 0 aromatic rings. The van der Waals surface area contributed by atoms with Crippen LogP contribution in [0.1, 0.15) is 41.5 Å². The van der Waals surface area contributed by atoms with Gasteiger partial charge >= 0.3 is 0 Å². The van der Waals surface area contributed by atoms with Gasteiger partial charge in [-0.1, -0.05) is 41.5 Å². The first-order valence-electron chi connectivity index (χ1n) is 5.00. The SMILES string of the molecule is CC(C)(C)C1=C(C(C)(C)C)C1=[Si]([Si])[Si]. The third-order valence-corrected chi connectivity index (χ3v) is 4.94. The Morgan fingerprint density at radius 1 is 0.786 bits per heavy atom. The van der Waals surface area contributed by atoms with Crippen LogP contribution in [0.25, 0.3) is 0 Å². The van der Waals surface area contributed by atoms with Gasteiger partial charge in [0.05, 0.1) is 0 Å². The monoisotopic (exact) mass is 234 g/mol. The van der Waals surface area contributed by atoms with E-state index < -0.39 is 7.44 Å². The Morgan fingerprint density at radius 2 is 1.07 bits per heavy atom. The minimum atomic E-state index is -0.648. The van der Waals surface area contributed by atoms with Crippen LogP contribution in [0.3, 0.4) is 0 Å². The molecule has 0 aliphatic heterocycles. The Morgan fingerprint density at radius 3 is 1.14 bits per heavy atom. The van der Waals surface area contributed by atoms with Crippen molar-refractivity contribution in [2.45, 2.75) is 41.5 Å². The van der Waals surface area contributed by atoms with Crippen LogP contribution in [0.4, 0.5) is 0 Å². The van der Waals surface area contributed by atoms with Crippen molar-refractivity contribution in [3.8, 4) is 0 Å². The number of hydrogen-bond donors (Lipinski definition) is 0. The van der Waals surface area contributed by atoms with Gasteiger partial charge in [-0.15, -0.1) is 0 Å². The van der Waals surface area contributed by atoms with Gasteiger partial charge in [-0.3, -0.25) is 0 Å². The molecule has 0 aromatic carbocycles. The molecule has 1 rings (SSSR count). The molecule has 1 aliphatic rings. The fourth-order valence-electron chi connectivity index (χ4n) is 1.94. The van der Waals surface area contributed by atoms with E-state index in [9.17, 15) is 0 Å². The molecule has 0 heterocycles. The van der Waals surface area contributed by atoms with E-state index >= 15 is 0 Å². The molecule has 74 valence electrons. The quantitative estimate of drug-likeness (QED) is 0.562. The average molecular weight is 235 g/mol. The first-order chi connectivity index (χ1) is 6.07. The van der Waals surface area contributed by atoms with Crippen LogP contribution in [-0.4, -0.2) is 32.1 Å². The summed E-state index contributed by atoms with van der Waals surface area (Å²) in [6.07, 6.45) is 0. The van der Waals surface area contributed by atoms with Crippen molar-refractivity contribution >= 4 is 32.1 Å². The molecule has 0 fully saturated rings. The molecule has 6 radical (unpaired) electrons. The summed E-state index contributed by atoms with van der Waals surface area (Å²) in [5.74, 6) is 0. The Labute approximate surface area is 95.8 Å². The zero-order valence-electron chi connectivity index (χ0n) is 10.0. The lowest BCUT2D eigenvalue weighted by molar-refractivity contribution is 0.502. The molecule has 0 spiro atoms. The van der Waals surface area contributed by atoms with Crippen molar-refractivity contribution in [1.29, 1.82) is 0 Å². The third kappa shape index (κ3) is 2.25. The first-order valence-corrected chi connectivity index (χ1v) is 9.50. The highest BCUT2D eigenvalue weighted by Gasteiger charge is 2.43. The molecule has 3 heteroatoms. The standard InChI is InChI=1S/C11H18Si3/c1-10(2,3)7-8(11(4,5)6)9(7)14(12)13/h1-6H3. The Kier molecular flexibility index (Phi) is 2.98. The van der Waals surface area contributed by atoms with Crippen LogP contribution >= 0.6 is 0 Å². The molecule has 0 atom stereocenters. The maximum atomic E-state index is 3.75. The second-order valence-electron chi connectivity index (χ2n) is 6.00. The highest BCUT2D eigenvalue weighted by molar-refractivity contribution is 7.33. The van der Waals surface area contributed by atoms with E-state index in [4.69, 9.17) is 0 Å². The molecule has 0 unspecified atom stereocenters. The van der Waals surface area contributed by atoms with Crippen LogP contribution in [0, 0.1) is 10.8 Å². The number of rotatable bonds is 0. The van der Waals surface area contributed by atoms with Crippen molar-refractivity contribution in [3.63, 3.8) is 0 Å². The van der Waals surface area contributed by atoms with Crippen LogP contribution in [0.5, 0.6) is 0 Å². The Hall–Kier alpha value is 0.261. The first kappa shape index (κ1) is 12.3. The van der Waals surface area contributed by atoms with E-state index in [0.717, 1.165) is 0 Å². The molecule has 0 bridgehead atoms. The van der Waals surface area contributed by atoms with E-state index in [1.807, 2.05) is 0 Å².